The van der Waals surface area contributed by atoms with Crippen molar-refractivity contribution in [3.63, 3.8) is 0 Å². The van der Waals surface area contributed by atoms with Gasteiger partial charge in [0.15, 0.2) is 0 Å². The van der Waals surface area contributed by atoms with E-state index in [1.54, 1.807) is 84.8 Å². The van der Waals surface area contributed by atoms with Crippen molar-refractivity contribution >= 4 is 17.8 Å². The average molecular weight is 592 g/mol. The molecule has 0 bridgehead atoms. The maximum Gasteiger partial charge on any atom is 0.343 e. The van der Waals surface area contributed by atoms with Gasteiger partial charge in [-0.25, -0.2) is 4.79 Å². The van der Waals surface area contributed by atoms with Crippen molar-refractivity contribution in [1.82, 2.24) is 4.90 Å². The van der Waals surface area contributed by atoms with Crippen molar-refractivity contribution in [2.24, 2.45) is 0 Å². The molecule has 0 saturated carbocycles. The van der Waals surface area contributed by atoms with E-state index in [2.05, 4.69) is 6.92 Å². The van der Waals surface area contributed by atoms with Crippen LogP contribution in [-0.2, 0) is 11.3 Å². The summed E-state index contributed by atoms with van der Waals surface area (Å²) in [7, 11) is 1.55. The van der Waals surface area contributed by atoms with Crippen molar-refractivity contribution in [3.05, 3.63) is 89.5 Å². The lowest BCUT2D eigenvalue weighted by molar-refractivity contribution is -0.137. The molecular formula is C35H45NO7. The molecule has 3 aromatic rings. The second-order valence-electron chi connectivity index (χ2n) is 9.77. The number of carbonyl (C=O) groups is 3. The molecule has 8 nitrogen and oxygen atoms in total. The van der Waals surface area contributed by atoms with Gasteiger partial charge in [0, 0.05) is 25.1 Å². The van der Waals surface area contributed by atoms with E-state index in [0.717, 1.165) is 24.2 Å². The number of ether oxygens (including phenoxy) is 3. The number of hydrogen-bond acceptors (Lipinski definition) is 6. The molecule has 0 unspecified atom stereocenters. The Bertz CT molecular complexity index is 1240. The van der Waals surface area contributed by atoms with Gasteiger partial charge in [0.05, 0.1) is 19.3 Å². The third-order valence-electron chi connectivity index (χ3n) is 6.56. The maximum atomic E-state index is 13.2. The maximum absolute atomic E-state index is 13.2. The number of aliphatic carboxylic acids is 1. The summed E-state index contributed by atoms with van der Waals surface area (Å²) >= 11 is 0. The topological polar surface area (TPSA) is 102 Å². The summed E-state index contributed by atoms with van der Waals surface area (Å²) in [6, 6.07) is 20.6. The number of methoxy groups -OCH3 is 1. The third-order valence-corrected chi connectivity index (χ3v) is 6.56. The standard InChI is InChI=1S/C33H39NO7.C2H6/c1-3-4-5-6-7-23-40-29-20-14-27(15-21-29)33(38)41-30-16-10-25(11-17-30)24-34(22-8-9-31(35)36)32(37)26-12-18-28(39-2)19-13-26;1-2/h10-21H,3-9,22-24H2,1-2H3,(H,35,36);1-2H3. The monoisotopic (exact) mass is 591 g/mol. The first kappa shape index (κ1) is 34.9. The highest BCUT2D eigenvalue weighted by Crippen LogP contribution is 2.20. The van der Waals surface area contributed by atoms with Crippen LogP contribution in [0.4, 0.5) is 0 Å². The zero-order valence-electron chi connectivity index (χ0n) is 25.8. The number of carbonyl (C=O) groups excluding carboxylic acids is 2. The number of esters is 1. The van der Waals surface area contributed by atoms with Gasteiger partial charge in [0.1, 0.15) is 17.2 Å². The van der Waals surface area contributed by atoms with E-state index in [9.17, 15) is 14.4 Å². The molecule has 1 amide bonds. The molecule has 0 saturated heterocycles. The van der Waals surface area contributed by atoms with Crippen LogP contribution >= 0.6 is 0 Å². The minimum atomic E-state index is -0.909. The summed E-state index contributed by atoms with van der Waals surface area (Å²) < 4.78 is 16.5. The van der Waals surface area contributed by atoms with Crippen LogP contribution in [0, 0.1) is 0 Å². The molecule has 0 aliphatic rings. The highest BCUT2D eigenvalue weighted by molar-refractivity contribution is 5.94. The number of carboxylic acid groups (broad SMARTS) is 1. The number of hydrogen-bond donors (Lipinski definition) is 1. The lowest BCUT2D eigenvalue weighted by atomic mass is 10.1. The summed E-state index contributed by atoms with van der Waals surface area (Å²) in [6.07, 6.45) is 6.14. The summed E-state index contributed by atoms with van der Waals surface area (Å²) in [5, 5.41) is 9.03. The predicted octanol–water partition coefficient (Wildman–Crippen LogP) is 7.80. The molecule has 3 aromatic carbocycles. The molecule has 0 aromatic heterocycles. The molecule has 3 rings (SSSR count). The normalized spacial score (nSPS) is 10.2. The number of carboxylic acids is 1. The highest BCUT2D eigenvalue weighted by Gasteiger charge is 2.17. The molecule has 232 valence electrons. The molecule has 0 heterocycles. The van der Waals surface area contributed by atoms with Gasteiger partial charge in [-0.2, -0.15) is 0 Å². The number of amides is 1. The van der Waals surface area contributed by atoms with Crippen molar-refractivity contribution in [2.75, 3.05) is 20.3 Å². The van der Waals surface area contributed by atoms with Gasteiger partial charge in [-0.05, 0) is 79.1 Å². The Labute approximate surface area is 255 Å². The Kier molecular flexibility index (Phi) is 16.0. The molecule has 0 radical (unpaired) electrons. The van der Waals surface area contributed by atoms with Crippen LogP contribution in [0.2, 0.25) is 0 Å². The van der Waals surface area contributed by atoms with Crippen molar-refractivity contribution in [1.29, 1.82) is 0 Å². The molecule has 0 fully saturated rings. The molecule has 0 aliphatic carbocycles. The van der Waals surface area contributed by atoms with Crippen LogP contribution in [-0.4, -0.2) is 48.1 Å². The number of benzene rings is 3. The molecule has 0 spiro atoms. The second-order valence-corrected chi connectivity index (χ2v) is 9.77. The largest absolute Gasteiger partial charge is 0.497 e. The van der Waals surface area contributed by atoms with Gasteiger partial charge in [-0.1, -0.05) is 58.6 Å². The van der Waals surface area contributed by atoms with Gasteiger partial charge in [0.2, 0.25) is 0 Å². The van der Waals surface area contributed by atoms with E-state index in [1.165, 1.54) is 19.3 Å². The molecule has 1 N–H and O–H groups in total. The van der Waals surface area contributed by atoms with E-state index in [1.807, 2.05) is 13.8 Å². The van der Waals surface area contributed by atoms with Gasteiger partial charge in [0.25, 0.3) is 5.91 Å². The minimum Gasteiger partial charge on any atom is -0.497 e. The van der Waals surface area contributed by atoms with Crippen LogP contribution in [0.25, 0.3) is 0 Å². The van der Waals surface area contributed by atoms with Crippen molar-refractivity contribution < 1.29 is 33.7 Å². The predicted molar refractivity (Wildman–Crippen MR) is 168 cm³/mol. The Morgan fingerprint density at radius 3 is 1.91 bits per heavy atom. The van der Waals surface area contributed by atoms with Gasteiger partial charge in [-0.3, -0.25) is 9.59 Å². The van der Waals surface area contributed by atoms with E-state index in [0.29, 0.717) is 35.7 Å². The van der Waals surface area contributed by atoms with Crippen molar-refractivity contribution in [3.8, 4) is 17.2 Å². The SMILES string of the molecule is CC.CCCCCCCOc1ccc(C(=O)Oc2ccc(CN(CCCC(=O)O)C(=O)c3ccc(OC)cc3)cc2)cc1. The van der Waals surface area contributed by atoms with Crippen LogP contribution in [0.15, 0.2) is 72.8 Å². The summed E-state index contributed by atoms with van der Waals surface area (Å²) in [4.78, 5) is 38.5. The fourth-order valence-electron chi connectivity index (χ4n) is 4.22. The number of nitrogens with zero attached hydrogens (tertiary/aromatic N) is 1. The van der Waals surface area contributed by atoms with E-state index < -0.39 is 11.9 Å². The molecule has 8 heteroatoms. The Morgan fingerprint density at radius 2 is 1.30 bits per heavy atom. The first-order valence-electron chi connectivity index (χ1n) is 15.1. The summed E-state index contributed by atoms with van der Waals surface area (Å²) in [5.74, 6) is 0.143. The van der Waals surface area contributed by atoms with Gasteiger partial charge in [-0.15, -0.1) is 0 Å². The Morgan fingerprint density at radius 1 is 0.721 bits per heavy atom. The van der Waals surface area contributed by atoms with Gasteiger partial charge < -0.3 is 24.2 Å². The molecular weight excluding hydrogens is 546 g/mol. The highest BCUT2D eigenvalue weighted by atomic mass is 16.5. The fraction of sp³-hybridized carbons (Fsp3) is 0.400. The zero-order chi connectivity index (χ0) is 31.5. The first-order chi connectivity index (χ1) is 20.9. The lowest BCUT2D eigenvalue weighted by Gasteiger charge is -2.23. The smallest absolute Gasteiger partial charge is 0.343 e. The van der Waals surface area contributed by atoms with Crippen molar-refractivity contribution in [2.45, 2.75) is 72.3 Å². The second kappa shape index (κ2) is 19.7. The number of rotatable bonds is 17. The van der Waals surface area contributed by atoms with E-state index >= 15 is 0 Å². The first-order valence-corrected chi connectivity index (χ1v) is 15.1. The quantitative estimate of drug-likeness (QED) is 0.0971. The molecule has 43 heavy (non-hydrogen) atoms. The zero-order valence-corrected chi connectivity index (χ0v) is 25.8. The van der Waals surface area contributed by atoms with Crippen LogP contribution in [0.5, 0.6) is 17.2 Å². The third kappa shape index (κ3) is 12.6. The Hall–Kier alpha value is -4.33. The number of unbranched alkanes of at least 4 members (excludes halogenated alkanes) is 4. The summed E-state index contributed by atoms with van der Waals surface area (Å²) in [6.45, 7) is 7.41. The molecule has 0 aliphatic heterocycles. The van der Waals surface area contributed by atoms with E-state index in [-0.39, 0.29) is 25.4 Å². The van der Waals surface area contributed by atoms with Crippen LogP contribution < -0.4 is 14.2 Å². The Balaban J connectivity index is 0.00000316. The minimum absolute atomic E-state index is 0.0343. The van der Waals surface area contributed by atoms with Crippen LogP contribution in [0.1, 0.15) is 92.0 Å². The fourth-order valence-corrected chi connectivity index (χ4v) is 4.22. The van der Waals surface area contributed by atoms with Gasteiger partial charge >= 0.3 is 11.9 Å². The summed E-state index contributed by atoms with van der Waals surface area (Å²) in [5.41, 5.74) is 1.72. The van der Waals surface area contributed by atoms with E-state index in [4.69, 9.17) is 19.3 Å². The lowest BCUT2D eigenvalue weighted by Crippen LogP contribution is -2.31. The average Bonchev–Trinajstić information content (AvgIpc) is 3.04. The molecule has 0 atom stereocenters. The van der Waals surface area contributed by atoms with Crippen LogP contribution in [0.3, 0.4) is 0 Å².